The molecule has 0 saturated carbocycles. The third kappa shape index (κ3) is 3.30. The van der Waals surface area contributed by atoms with Crippen LogP contribution in [-0.2, 0) is 4.74 Å². The number of likely N-dealkylation sites (tertiary alicyclic amines) is 1. The molecule has 5 nitrogen and oxygen atoms in total. The molecular formula is C14H23N3O2S. The molecule has 1 aliphatic rings. The van der Waals surface area contributed by atoms with Crippen LogP contribution in [0.3, 0.4) is 0 Å². The van der Waals surface area contributed by atoms with Crippen LogP contribution in [0.4, 0.5) is 5.00 Å². The van der Waals surface area contributed by atoms with Gasteiger partial charge in [0.2, 0.25) is 0 Å². The van der Waals surface area contributed by atoms with Crippen LogP contribution < -0.4 is 5.32 Å². The number of hydrogen-bond donors (Lipinski definition) is 1. The van der Waals surface area contributed by atoms with Gasteiger partial charge in [-0.1, -0.05) is 6.92 Å². The Balaban J connectivity index is 2.11. The summed E-state index contributed by atoms with van der Waals surface area (Å²) in [5, 5.41) is 4.36. The van der Waals surface area contributed by atoms with Crippen molar-refractivity contribution in [3.05, 3.63) is 11.3 Å². The lowest BCUT2D eigenvalue weighted by Crippen LogP contribution is -2.43. The lowest BCUT2D eigenvalue weighted by molar-refractivity contribution is 0.0526. The minimum absolute atomic E-state index is 0.276. The molecule has 6 heteroatoms. The number of carbonyl (C=O) groups excluding carboxylic acids is 1. The number of aromatic nitrogens is 1. The fraction of sp³-hybridized carbons (Fsp3) is 0.714. The lowest BCUT2D eigenvalue weighted by atomic mass is 9.94. The van der Waals surface area contributed by atoms with E-state index in [-0.39, 0.29) is 5.97 Å². The minimum atomic E-state index is -0.276. The summed E-state index contributed by atoms with van der Waals surface area (Å²) in [5.74, 6) is 0.271. The summed E-state index contributed by atoms with van der Waals surface area (Å²) in [6, 6.07) is 0.388. The Morgan fingerprint density at radius 2 is 2.35 bits per heavy atom. The molecule has 20 heavy (non-hydrogen) atoms. The molecule has 1 saturated heterocycles. The van der Waals surface area contributed by atoms with Gasteiger partial charge in [-0.05, 0) is 51.3 Å². The highest BCUT2D eigenvalue weighted by Crippen LogP contribution is 2.29. The summed E-state index contributed by atoms with van der Waals surface area (Å²) < 4.78 is 9.41. The van der Waals surface area contributed by atoms with E-state index < -0.39 is 0 Å². The quantitative estimate of drug-likeness (QED) is 0.865. The highest BCUT2D eigenvalue weighted by Gasteiger charge is 2.27. The van der Waals surface area contributed by atoms with Crippen molar-refractivity contribution in [3.8, 4) is 0 Å². The van der Waals surface area contributed by atoms with Crippen LogP contribution in [0.2, 0.25) is 0 Å². The second kappa shape index (κ2) is 6.54. The number of carbonyl (C=O) groups is 1. The van der Waals surface area contributed by atoms with Gasteiger partial charge in [-0.15, -0.1) is 0 Å². The maximum Gasteiger partial charge on any atom is 0.343 e. The van der Waals surface area contributed by atoms with E-state index in [4.69, 9.17) is 4.74 Å². The van der Waals surface area contributed by atoms with Gasteiger partial charge in [0, 0.05) is 12.6 Å². The van der Waals surface area contributed by atoms with E-state index in [2.05, 4.69) is 28.6 Å². The molecule has 0 amide bonds. The summed E-state index contributed by atoms with van der Waals surface area (Å²) in [6.07, 6.45) is 1.08. The molecule has 0 aliphatic carbocycles. The Morgan fingerprint density at radius 3 is 3.00 bits per heavy atom. The number of ether oxygens (including phenoxy) is 1. The van der Waals surface area contributed by atoms with E-state index in [1.807, 2.05) is 13.8 Å². The second-order valence-electron chi connectivity index (χ2n) is 5.47. The predicted octanol–water partition coefficient (Wildman–Crippen LogP) is 2.38. The van der Waals surface area contributed by atoms with Crippen molar-refractivity contribution in [2.24, 2.45) is 5.92 Å². The molecule has 1 aliphatic heterocycles. The zero-order valence-electron chi connectivity index (χ0n) is 12.6. The first-order valence-electron chi connectivity index (χ1n) is 7.11. The lowest BCUT2D eigenvalue weighted by Gasteiger charge is -2.35. The molecule has 1 N–H and O–H groups in total. The molecule has 112 valence electrons. The van der Waals surface area contributed by atoms with Gasteiger partial charge in [-0.25, -0.2) is 4.79 Å². The molecule has 2 rings (SSSR count). The Hall–Kier alpha value is -1.14. The number of esters is 1. The maximum atomic E-state index is 12.0. The molecule has 1 aromatic heterocycles. The number of piperidine rings is 1. The predicted molar refractivity (Wildman–Crippen MR) is 81.5 cm³/mol. The largest absolute Gasteiger partial charge is 0.462 e. The third-order valence-electron chi connectivity index (χ3n) is 3.77. The SMILES string of the molecule is CCOC(=O)c1c(C)nsc1NC1CCN(C)CC1C. The Labute approximate surface area is 124 Å². The molecule has 0 aromatic carbocycles. The molecule has 0 radical (unpaired) electrons. The molecular weight excluding hydrogens is 274 g/mol. The van der Waals surface area contributed by atoms with Gasteiger partial charge in [0.05, 0.1) is 12.3 Å². The van der Waals surface area contributed by atoms with E-state index in [1.165, 1.54) is 11.5 Å². The average molecular weight is 297 g/mol. The fourth-order valence-corrected chi connectivity index (χ4v) is 3.49. The van der Waals surface area contributed by atoms with Gasteiger partial charge in [-0.2, -0.15) is 4.37 Å². The summed E-state index contributed by atoms with van der Waals surface area (Å²) in [7, 11) is 2.15. The average Bonchev–Trinajstić information content (AvgIpc) is 2.74. The van der Waals surface area contributed by atoms with Crippen LogP contribution >= 0.6 is 11.5 Å². The number of nitrogens with zero attached hydrogens (tertiary/aromatic N) is 2. The normalized spacial score (nSPS) is 23.6. The highest BCUT2D eigenvalue weighted by molar-refractivity contribution is 7.10. The van der Waals surface area contributed by atoms with Crippen LogP contribution in [0, 0.1) is 12.8 Å². The zero-order chi connectivity index (χ0) is 14.7. The van der Waals surface area contributed by atoms with Crippen LogP contribution in [0.5, 0.6) is 0 Å². The monoisotopic (exact) mass is 297 g/mol. The number of aryl methyl sites for hydroxylation is 1. The summed E-state index contributed by atoms with van der Waals surface area (Å²) in [6.45, 7) is 8.45. The van der Waals surface area contributed by atoms with Gasteiger partial charge in [0.25, 0.3) is 0 Å². The smallest absolute Gasteiger partial charge is 0.343 e. The van der Waals surface area contributed by atoms with Gasteiger partial charge < -0.3 is 15.0 Å². The van der Waals surface area contributed by atoms with Crippen LogP contribution in [-0.4, -0.2) is 48.0 Å². The molecule has 2 heterocycles. The van der Waals surface area contributed by atoms with E-state index in [1.54, 1.807) is 0 Å². The molecule has 0 bridgehead atoms. The third-order valence-corrected chi connectivity index (χ3v) is 4.64. The molecule has 0 spiro atoms. The van der Waals surface area contributed by atoms with Crippen LogP contribution in [0.1, 0.15) is 36.3 Å². The minimum Gasteiger partial charge on any atom is -0.462 e. The van der Waals surface area contributed by atoms with Crippen molar-refractivity contribution in [3.63, 3.8) is 0 Å². The summed E-state index contributed by atoms with van der Waals surface area (Å²) in [5.41, 5.74) is 1.35. The number of hydrogen-bond acceptors (Lipinski definition) is 6. The topological polar surface area (TPSA) is 54.5 Å². The molecule has 1 fully saturated rings. The first kappa shape index (κ1) is 15.3. The summed E-state index contributed by atoms with van der Waals surface area (Å²) in [4.78, 5) is 14.4. The second-order valence-corrected chi connectivity index (χ2v) is 6.25. The van der Waals surface area contributed by atoms with Crippen LogP contribution in [0.15, 0.2) is 0 Å². The van der Waals surface area contributed by atoms with Crippen molar-refractivity contribution in [1.82, 2.24) is 9.27 Å². The summed E-state index contributed by atoms with van der Waals surface area (Å²) >= 11 is 1.35. The number of anilines is 1. The highest BCUT2D eigenvalue weighted by atomic mass is 32.1. The fourth-order valence-electron chi connectivity index (χ4n) is 2.65. The van der Waals surface area contributed by atoms with Crippen molar-refractivity contribution in [1.29, 1.82) is 0 Å². The van der Waals surface area contributed by atoms with Crippen molar-refractivity contribution >= 4 is 22.5 Å². The molecule has 2 atom stereocenters. The standard InChI is InChI=1S/C14H23N3O2S/c1-5-19-14(18)12-10(3)16-20-13(12)15-11-6-7-17(4)8-9(11)2/h9,11,15H,5-8H2,1-4H3. The van der Waals surface area contributed by atoms with Gasteiger partial charge >= 0.3 is 5.97 Å². The van der Waals surface area contributed by atoms with Gasteiger partial charge in [-0.3, -0.25) is 0 Å². The molecule has 1 aromatic rings. The van der Waals surface area contributed by atoms with Crippen molar-refractivity contribution in [2.75, 3.05) is 32.1 Å². The Kier molecular flexibility index (Phi) is 4.99. The Morgan fingerprint density at radius 1 is 1.60 bits per heavy atom. The number of nitrogens with one attached hydrogen (secondary N) is 1. The van der Waals surface area contributed by atoms with Crippen molar-refractivity contribution < 1.29 is 9.53 Å². The van der Waals surface area contributed by atoms with E-state index in [9.17, 15) is 4.79 Å². The maximum absolute atomic E-state index is 12.0. The van der Waals surface area contributed by atoms with E-state index in [0.29, 0.717) is 24.1 Å². The van der Waals surface area contributed by atoms with Gasteiger partial charge in [0.1, 0.15) is 10.6 Å². The number of rotatable bonds is 4. The first-order chi connectivity index (χ1) is 9.52. The Bertz CT molecular complexity index is 475. The zero-order valence-corrected chi connectivity index (χ0v) is 13.4. The van der Waals surface area contributed by atoms with Crippen LogP contribution in [0.25, 0.3) is 0 Å². The molecule has 2 unspecified atom stereocenters. The van der Waals surface area contributed by atoms with E-state index >= 15 is 0 Å². The van der Waals surface area contributed by atoms with E-state index in [0.717, 1.165) is 30.2 Å². The van der Waals surface area contributed by atoms with Crippen molar-refractivity contribution in [2.45, 2.75) is 33.2 Å². The van der Waals surface area contributed by atoms with Gasteiger partial charge in [0.15, 0.2) is 0 Å². The first-order valence-corrected chi connectivity index (χ1v) is 7.88.